The van der Waals surface area contributed by atoms with E-state index in [1.165, 1.54) is 12.1 Å². The molecule has 2 amide bonds. The van der Waals surface area contributed by atoms with Crippen LogP contribution in [0.3, 0.4) is 0 Å². The summed E-state index contributed by atoms with van der Waals surface area (Å²) in [4.78, 5) is 15.4. The highest BCUT2D eigenvalue weighted by Gasteiger charge is 2.27. The molecule has 0 fully saturated rings. The second-order valence-electron chi connectivity index (χ2n) is 6.24. The number of halogens is 1. The lowest BCUT2D eigenvalue weighted by molar-refractivity contribution is 0.249. The molecule has 0 aliphatic carbocycles. The van der Waals surface area contributed by atoms with Crippen LogP contribution in [-0.4, -0.2) is 25.5 Å². The summed E-state index contributed by atoms with van der Waals surface area (Å²) in [6, 6.07) is 12.5. The highest BCUT2D eigenvalue weighted by molar-refractivity contribution is 7.92. The van der Waals surface area contributed by atoms with Crippen LogP contribution in [0.5, 0.6) is 0 Å². The van der Waals surface area contributed by atoms with Crippen molar-refractivity contribution in [3.05, 3.63) is 53.6 Å². The van der Waals surface area contributed by atoms with E-state index in [-0.39, 0.29) is 21.7 Å². The van der Waals surface area contributed by atoms with Crippen LogP contribution in [0.15, 0.2) is 58.3 Å². The number of benzene rings is 2. The molecule has 142 valence electrons. The van der Waals surface area contributed by atoms with E-state index in [0.29, 0.717) is 15.9 Å². The number of urea groups is 1. The number of sulfone groups is 1. The standard InChI is InChI=1S/C19H20ClN3O3S/c1-3-12(2)21-19(24)23-18-17(15-11-13(20)9-10-16(15)22-18)27(25,26)14-7-5-4-6-8-14/h4-12,22H,3H2,1-2H3,(H2,21,23,24). The van der Waals surface area contributed by atoms with Gasteiger partial charge in [-0.15, -0.1) is 0 Å². The van der Waals surface area contributed by atoms with Gasteiger partial charge in [-0.25, -0.2) is 13.2 Å². The monoisotopic (exact) mass is 405 g/mol. The maximum atomic E-state index is 13.3. The van der Waals surface area contributed by atoms with Gasteiger partial charge in [0.05, 0.1) is 4.90 Å². The largest absolute Gasteiger partial charge is 0.340 e. The summed E-state index contributed by atoms with van der Waals surface area (Å²) in [6.07, 6.45) is 0.755. The fraction of sp³-hybridized carbons (Fsp3) is 0.211. The predicted octanol–water partition coefficient (Wildman–Crippen LogP) is 4.57. The first-order valence-electron chi connectivity index (χ1n) is 8.51. The number of carbonyl (C=O) groups is 1. The van der Waals surface area contributed by atoms with E-state index in [2.05, 4.69) is 15.6 Å². The SMILES string of the molecule is CCC(C)NC(=O)Nc1[nH]c2ccc(Cl)cc2c1S(=O)(=O)c1ccccc1. The molecule has 1 aromatic heterocycles. The van der Waals surface area contributed by atoms with Crippen LogP contribution >= 0.6 is 11.6 Å². The van der Waals surface area contributed by atoms with Crippen molar-refractivity contribution in [1.82, 2.24) is 10.3 Å². The molecule has 0 aliphatic heterocycles. The number of aromatic nitrogens is 1. The van der Waals surface area contributed by atoms with E-state index in [0.717, 1.165) is 6.42 Å². The molecule has 0 radical (unpaired) electrons. The number of amides is 2. The van der Waals surface area contributed by atoms with Gasteiger partial charge in [0.15, 0.2) is 0 Å². The molecular formula is C19H20ClN3O3S. The summed E-state index contributed by atoms with van der Waals surface area (Å²) in [7, 11) is -3.88. The molecule has 3 aromatic rings. The third kappa shape index (κ3) is 3.94. The van der Waals surface area contributed by atoms with Crippen molar-refractivity contribution >= 4 is 44.2 Å². The second kappa shape index (κ2) is 7.62. The van der Waals surface area contributed by atoms with Gasteiger partial charge in [-0.2, -0.15) is 0 Å². The van der Waals surface area contributed by atoms with Crippen LogP contribution in [0.2, 0.25) is 5.02 Å². The van der Waals surface area contributed by atoms with E-state index in [9.17, 15) is 13.2 Å². The van der Waals surface area contributed by atoms with Gasteiger partial charge in [0.2, 0.25) is 9.84 Å². The molecule has 0 spiro atoms. The molecule has 1 unspecified atom stereocenters. The highest BCUT2D eigenvalue weighted by atomic mass is 35.5. The molecular weight excluding hydrogens is 386 g/mol. The Bertz CT molecular complexity index is 1080. The van der Waals surface area contributed by atoms with Crippen molar-refractivity contribution in [1.29, 1.82) is 0 Å². The van der Waals surface area contributed by atoms with E-state index < -0.39 is 15.9 Å². The third-order valence-corrected chi connectivity index (χ3v) is 6.35. The number of rotatable bonds is 5. The lowest BCUT2D eigenvalue weighted by Crippen LogP contribution is -2.36. The van der Waals surface area contributed by atoms with Gasteiger partial charge in [-0.3, -0.25) is 5.32 Å². The van der Waals surface area contributed by atoms with E-state index in [1.54, 1.807) is 36.4 Å². The first kappa shape index (κ1) is 19.3. The van der Waals surface area contributed by atoms with E-state index in [1.807, 2.05) is 13.8 Å². The van der Waals surface area contributed by atoms with Gasteiger partial charge in [0, 0.05) is 22.0 Å². The molecule has 0 saturated heterocycles. The summed E-state index contributed by atoms with van der Waals surface area (Å²) in [5, 5.41) is 6.22. The maximum Gasteiger partial charge on any atom is 0.320 e. The summed E-state index contributed by atoms with van der Waals surface area (Å²) < 4.78 is 26.5. The topological polar surface area (TPSA) is 91.1 Å². The zero-order valence-electron chi connectivity index (χ0n) is 14.9. The smallest absolute Gasteiger partial charge is 0.320 e. The van der Waals surface area contributed by atoms with Crippen molar-refractivity contribution in [2.75, 3.05) is 5.32 Å². The Morgan fingerprint density at radius 2 is 1.89 bits per heavy atom. The molecule has 0 saturated carbocycles. The van der Waals surface area contributed by atoms with Gasteiger partial charge in [-0.1, -0.05) is 36.7 Å². The second-order valence-corrected chi connectivity index (χ2v) is 8.57. The average molecular weight is 406 g/mol. The Morgan fingerprint density at radius 1 is 1.19 bits per heavy atom. The average Bonchev–Trinajstić information content (AvgIpc) is 2.99. The molecule has 1 heterocycles. The number of H-pyrrole nitrogens is 1. The lowest BCUT2D eigenvalue weighted by atomic mass is 10.2. The number of hydrogen-bond acceptors (Lipinski definition) is 3. The Hall–Kier alpha value is -2.51. The fourth-order valence-electron chi connectivity index (χ4n) is 2.70. The molecule has 27 heavy (non-hydrogen) atoms. The minimum absolute atomic E-state index is 0.00879. The van der Waals surface area contributed by atoms with Crippen LogP contribution in [0.1, 0.15) is 20.3 Å². The number of aromatic amines is 1. The quantitative estimate of drug-likeness (QED) is 0.580. The number of nitrogens with one attached hydrogen (secondary N) is 3. The van der Waals surface area contributed by atoms with Crippen molar-refractivity contribution in [2.45, 2.75) is 36.1 Å². The zero-order chi connectivity index (χ0) is 19.6. The summed E-state index contributed by atoms with van der Waals surface area (Å²) in [6.45, 7) is 3.81. The number of anilines is 1. The van der Waals surface area contributed by atoms with Crippen LogP contribution in [0.25, 0.3) is 10.9 Å². The van der Waals surface area contributed by atoms with Crippen LogP contribution in [-0.2, 0) is 9.84 Å². The number of fused-ring (bicyclic) bond motifs is 1. The first-order chi connectivity index (χ1) is 12.8. The molecule has 0 bridgehead atoms. The van der Waals surface area contributed by atoms with Crippen LogP contribution in [0, 0.1) is 0 Å². The molecule has 3 rings (SSSR count). The maximum absolute atomic E-state index is 13.3. The Labute approximate surface area is 162 Å². The summed E-state index contributed by atoms with van der Waals surface area (Å²) in [5.41, 5.74) is 0.563. The van der Waals surface area contributed by atoms with Gasteiger partial charge >= 0.3 is 6.03 Å². The summed E-state index contributed by atoms with van der Waals surface area (Å²) in [5.74, 6) is 0.108. The van der Waals surface area contributed by atoms with Gasteiger partial charge in [0.25, 0.3) is 0 Å². The fourth-order valence-corrected chi connectivity index (χ4v) is 4.45. The van der Waals surface area contributed by atoms with E-state index >= 15 is 0 Å². The molecule has 2 aromatic carbocycles. The van der Waals surface area contributed by atoms with Crippen LogP contribution in [0.4, 0.5) is 10.6 Å². The minimum atomic E-state index is -3.88. The van der Waals surface area contributed by atoms with Crippen molar-refractivity contribution < 1.29 is 13.2 Å². The zero-order valence-corrected chi connectivity index (χ0v) is 16.5. The van der Waals surface area contributed by atoms with Crippen molar-refractivity contribution in [2.24, 2.45) is 0 Å². The molecule has 3 N–H and O–H groups in total. The van der Waals surface area contributed by atoms with Crippen molar-refractivity contribution in [3.63, 3.8) is 0 Å². The number of carbonyl (C=O) groups excluding carboxylic acids is 1. The Morgan fingerprint density at radius 3 is 2.56 bits per heavy atom. The molecule has 0 aliphatic rings. The van der Waals surface area contributed by atoms with Crippen LogP contribution < -0.4 is 10.6 Å². The normalized spacial score (nSPS) is 12.7. The van der Waals surface area contributed by atoms with Crippen molar-refractivity contribution in [3.8, 4) is 0 Å². The number of hydrogen-bond donors (Lipinski definition) is 3. The van der Waals surface area contributed by atoms with Gasteiger partial charge < -0.3 is 10.3 Å². The Balaban J connectivity index is 2.14. The van der Waals surface area contributed by atoms with E-state index in [4.69, 9.17) is 11.6 Å². The Kier molecular flexibility index (Phi) is 5.43. The summed E-state index contributed by atoms with van der Waals surface area (Å²) >= 11 is 6.08. The third-order valence-electron chi connectivity index (χ3n) is 4.26. The van der Waals surface area contributed by atoms with Gasteiger partial charge in [-0.05, 0) is 43.7 Å². The highest BCUT2D eigenvalue weighted by Crippen LogP contribution is 2.36. The lowest BCUT2D eigenvalue weighted by Gasteiger charge is -2.13. The minimum Gasteiger partial charge on any atom is -0.340 e. The molecule has 8 heteroatoms. The predicted molar refractivity (Wildman–Crippen MR) is 107 cm³/mol. The molecule has 6 nitrogen and oxygen atoms in total. The molecule has 1 atom stereocenters. The first-order valence-corrected chi connectivity index (χ1v) is 10.4. The van der Waals surface area contributed by atoms with Gasteiger partial charge in [0.1, 0.15) is 10.7 Å².